The Balaban J connectivity index is 0.975. The summed E-state index contributed by atoms with van der Waals surface area (Å²) in [6.45, 7) is 0.165. The number of carbonyl (C=O) groups is 2. The lowest BCUT2D eigenvalue weighted by molar-refractivity contribution is -0.357. The molecule has 0 aromatic heterocycles. The smallest absolute Gasteiger partial charge is 0.305 e. The van der Waals surface area contributed by atoms with Gasteiger partial charge < -0.3 is 67.8 Å². The van der Waals surface area contributed by atoms with Crippen LogP contribution < -0.4 is 0 Å². The zero-order valence-corrected chi connectivity index (χ0v) is 41.1. The molecule has 3 aliphatic rings. The van der Waals surface area contributed by atoms with Gasteiger partial charge in [-0.15, -0.1) is 34.8 Å². The Morgan fingerprint density at radius 3 is 1.82 bits per heavy atom. The Morgan fingerprint density at radius 1 is 0.676 bits per heavy atom. The van der Waals surface area contributed by atoms with Gasteiger partial charge in [0.25, 0.3) is 0 Å². The largest absolute Gasteiger partial charge is 0.463 e. The number of hydrogen-bond donors (Lipinski definition) is 4. The van der Waals surface area contributed by atoms with E-state index < -0.39 is 109 Å². The van der Waals surface area contributed by atoms with E-state index in [0.717, 1.165) is 22.3 Å². The van der Waals surface area contributed by atoms with Gasteiger partial charge in [-0.3, -0.25) is 9.59 Å². The van der Waals surface area contributed by atoms with E-state index in [1.54, 1.807) is 0 Å². The fraction of sp³-hybridized carbons (Fsp3) is 0.500. The molecule has 16 nitrogen and oxygen atoms in total. The van der Waals surface area contributed by atoms with Gasteiger partial charge >= 0.3 is 11.9 Å². The first kappa shape index (κ1) is 55.0. The van der Waals surface area contributed by atoms with Gasteiger partial charge in [0.15, 0.2) is 12.6 Å². The highest BCUT2D eigenvalue weighted by Crippen LogP contribution is 2.39. The minimum atomic E-state index is -2.05. The average molecular weight is 1050 g/mol. The number of benzene rings is 4. The topological polar surface area (TPSA) is 207 Å². The predicted octanol–water partition coefficient (Wildman–Crippen LogP) is 5.87. The summed E-state index contributed by atoms with van der Waals surface area (Å²) >= 11 is 18.3. The van der Waals surface area contributed by atoms with Crippen molar-refractivity contribution in [3.05, 3.63) is 144 Å². The van der Waals surface area contributed by atoms with Crippen LogP contribution >= 0.6 is 34.8 Å². The number of esters is 2. The monoisotopic (exact) mass is 1050 g/mol. The highest BCUT2D eigenvalue weighted by Gasteiger charge is 2.58. The van der Waals surface area contributed by atoms with Crippen molar-refractivity contribution in [2.75, 3.05) is 31.6 Å². The maximum atomic E-state index is 13.5. The third-order valence-corrected chi connectivity index (χ3v) is 13.5. The van der Waals surface area contributed by atoms with E-state index in [2.05, 4.69) is 0 Å². The van der Waals surface area contributed by atoms with Gasteiger partial charge in [-0.2, -0.15) is 0 Å². The molecule has 4 N–H and O–H groups in total. The zero-order valence-electron chi connectivity index (χ0n) is 38.9. The second-order valence-electron chi connectivity index (χ2n) is 17.5. The Morgan fingerprint density at radius 2 is 1.24 bits per heavy atom. The highest BCUT2D eigenvalue weighted by molar-refractivity contribution is 6.21. The highest BCUT2D eigenvalue weighted by atomic mass is 35.5. The van der Waals surface area contributed by atoms with E-state index in [4.69, 9.17) is 82.2 Å². The maximum absolute atomic E-state index is 13.5. The summed E-state index contributed by atoms with van der Waals surface area (Å²) in [6, 6.07) is 38.6. The minimum absolute atomic E-state index is 0.0327. The van der Waals surface area contributed by atoms with Gasteiger partial charge in [-0.1, -0.05) is 121 Å². The number of hydrogen-bond acceptors (Lipinski definition) is 16. The number of rotatable bonds is 25. The quantitative estimate of drug-likeness (QED) is 0.0348. The molecule has 0 saturated carbocycles. The Bertz CT molecular complexity index is 2190. The number of ether oxygens (including phenoxy) is 10. The van der Waals surface area contributed by atoms with Crippen molar-refractivity contribution in [2.45, 2.75) is 130 Å². The second-order valence-corrected chi connectivity index (χ2v) is 18.5. The molecule has 0 radical (unpaired) electrons. The zero-order chi connectivity index (χ0) is 50.2. The van der Waals surface area contributed by atoms with Crippen molar-refractivity contribution < 1.29 is 77.4 Å². The van der Waals surface area contributed by atoms with Crippen LogP contribution in [0.4, 0.5) is 0 Å². The molecule has 0 spiro atoms. The first-order valence-corrected chi connectivity index (χ1v) is 25.1. The molecular formula is C52H61Cl3O16. The molecular weight excluding hydrogens is 987 g/mol. The number of carbonyl (C=O) groups excluding carboxylic acids is 2. The van der Waals surface area contributed by atoms with Crippen molar-refractivity contribution in [3.8, 4) is 0 Å². The molecule has 14 atom stereocenters. The number of alkyl halides is 3. The van der Waals surface area contributed by atoms with E-state index in [1.165, 1.54) is 0 Å². The van der Waals surface area contributed by atoms with Crippen LogP contribution in [-0.4, -0.2) is 142 Å². The first-order chi connectivity index (χ1) is 34.5. The van der Waals surface area contributed by atoms with Gasteiger partial charge in [0.05, 0.1) is 43.6 Å². The lowest BCUT2D eigenvalue weighted by Gasteiger charge is -2.43. The van der Waals surface area contributed by atoms with E-state index >= 15 is 0 Å². The molecule has 3 fully saturated rings. The van der Waals surface area contributed by atoms with Gasteiger partial charge in [-0.25, -0.2) is 0 Å². The number of aliphatic hydroxyl groups excluding tert-OH is 4. The lowest BCUT2D eigenvalue weighted by Crippen LogP contribution is -2.61. The van der Waals surface area contributed by atoms with Crippen LogP contribution in [0.2, 0.25) is 0 Å². The molecule has 386 valence electrons. The Labute approximate surface area is 427 Å². The van der Waals surface area contributed by atoms with Gasteiger partial charge in [0.1, 0.15) is 74.3 Å². The van der Waals surface area contributed by atoms with E-state index in [0.29, 0.717) is 0 Å². The summed E-state index contributed by atoms with van der Waals surface area (Å²) in [5.74, 6) is -3.93. The van der Waals surface area contributed by atoms with Crippen LogP contribution in [0.5, 0.6) is 0 Å². The summed E-state index contributed by atoms with van der Waals surface area (Å²) in [5, 5.41) is 41.2. The molecule has 3 saturated heterocycles. The summed E-state index contributed by atoms with van der Waals surface area (Å²) in [7, 11) is 0. The molecule has 7 unspecified atom stereocenters. The van der Waals surface area contributed by atoms with Gasteiger partial charge in [-0.05, 0) is 29.5 Å². The standard InChI is InChI=1S/C52H61Cl3O16/c53-25-37-44(58)49(61)52(32-54,70-37)71-51-46(60)45(59)43(55)38(68-51)29-64-41(56)23-13-14-24-42(57)65-30-39(62-26-33-15-5-1-6-16-33)47(66-28-35-19-9-3-10-20-35)48-40(63-27-34-17-7-2-8-18-34)31-67-50(69-48)36-21-11-4-12-22-36/h1-12,15-22,37-40,43-51,58-61H,13-14,23-32H2/t37-,38?,39+,40+,43+,44?,45?,46?,47?,48?,49?,50-,51-,52+/m1/s1. The lowest BCUT2D eigenvalue weighted by atomic mass is 10.0. The van der Waals surface area contributed by atoms with E-state index in [1.807, 2.05) is 121 Å². The van der Waals surface area contributed by atoms with Crippen LogP contribution in [0.1, 0.15) is 54.2 Å². The third kappa shape index (κ3) is 15.2. The van der Waals surface area contributed by atoms with Crippen molar-refractivity contribution in [1.82, 2.24) is 0 Å². The van der Waals surface area contributed by atoms with Crippen LogP contribution in [0.15, 0.2) is 121 Å². The molecule has 3 heterocycles. The summed E-state index contributed by atoms with van der Waals surface area (Å²) in [5.41, 5.74) is 3.56. The summed E-state index contributed by atoms with van der Waals surface area (Å²) in [6.07, 6.45) is -13.8. The third-order valence-electron chi connectivity index (χ3n) is 12.3. The second kappa shape index (κ2) is 27.5. The van der Waals surface area contributed by atoms with E-state index in [-0.39, 0.29) is 64.6 Å². The van der Waals surface area contributed by atoms with Crippen LogP contribution in [0.3, 0.4) is 0 Å². The molecule has 19 heteroatoms. The summed E-state index contributed by atoms with van der Waals surface area (Å²) < 4.78 is 61.4. The van der Waals surface area contributed by atoms with Gasteiger partial charge in [0, 0.05) is 18.4 Å². The molecule has 71 heavy (non-hydrogen) atoms. The summed E-state index contributed by atoms with van der Waals surface area (Å²) in [4.78, 5) is 26.3. The molecule has 4 aromatic rings. The van der Waals surface area contributed by atoms with Crippen LogP contribution in [-0.2, 0) is 76.8 Å². The molecule has 4 aromatic carbocycles. The molecule has 3 aliphatic heterocycles. The van der Waals surface area contributed by atoms with Crippen molar-refractivity contribution in [1.29, 1.82) is 0 Å². The molecule has 0 amide bonds. The van der Waals surface area contributed by atoms with Crippen molar-refractivity contribution in [2.24, 2.45) is 0 Å². The minimum Gasteiger partial charge on any atom is -0.463 e. The Kier molecular flexibility index (Phi) is 21.3. The fourth-order valence-corrected chi connectivity index (χ4v) is 9.12. The van der Waals surface area contributed by atoms with Crippen LogP contribution in [0.25, 0.3) is 0 Å². The number of unbranched alkanes of at least 4 members (excludes halogenated alkanes) is 1. The van der Waals surface area contributed by atoms with Gasteiger partial charge in [0.2, 0.25) is 5.79 Å². The molecule has 7 rings (SSSR count). The van der Waals surface area contributed by atoms with Crippen molar-refractivity contribution >= 4 is 46.7 Å². The van der Waals surface area contributed by atoms with Crippen LogP contribution in [0, 0.1) is 0 Å². The SMILES string of the molecule is O=C(CCCCC(=O)OC[C@H](OCc1ccccc1)C(OCc1ccccc1)C1O[C@H](c2ccccc2)OC[C@@H]1OCc1ccccc1)OCC1O[C@H](O[C@]2(CCl)O[C@H](CCl)C(O)C2O)C(O)C(O)[C@H]1Cl. The predicted molar refractivity (Wildman–Crippen MR) is 258 cm³/mol. The van der Waals surface area contributed by atoms with E-state index in [9.17, 15) is 30.0 Å². The first-order valence-electron chi connectivity index (χ1n) is 23.6. The normalized spacial score (nSPS) is 29.5. The molecule has 0 aliphatic carbocycles. The average Bonchev–Trinajstić information content (AvgIpc) is 3.65. The van der Waals surface area contributed by atoms with Crippen molar-refractivity contribution in [3.63, 3.8) is 0 Å². The maximum Gasteiger partial charge on any atom is 0.305 e. The molecule has 0 bridgehead atoms. The fourth-order valence-electron chi connectivity index (χ4n) is 8.31. The Hall–Kier alpha value is -3.79. The number of aliphatic hydroxyl groups is 4. The number of halogens is 3.